The number of unbranched alkanes of at least 4 members (excludes halogenated alkanes) is 61. The molecule has 1 amide bonds. The standard InChI is InChI=1S/C84H163NO13/c1-3-5-7-9-11-13-15-17-19-21-23-25-27-29-31-33-35-36-38-40-42-44-46-48-50-52-54-56-58-60-62-64-66-68-76(89)85-72(71-95-83-81(94)79(92)82(75(70-87)97-83)98-84-80(93)78(91)77(90)74(69-86)96-84)73(88)67-65-63-61-59-57-55-53-51-49-47-45-43-41-39-37-34-32-30-28-26-24-22-20-18-16-14-12-10-8-6-4-2/h65,67,72-75,77-84,86-88,90-94H,3-64,66,68-71H2,1-2H3,(H,85,89)/b67-65+. The molecule has 98 heavy (non-hydrogen) atoms. The first-order valence-corrected chi connectivity index (χ1v) is 42.9. The van der Waals surface area contributed by atoms with Gasteiger partial charge in [0.05, 0.1) is 32.0 Å². The van der Waals surface area contributed by atoms with E-state index in [0.29, 0.717) is 0 Å². The van der Waals surface area contributed by atoms with Gasteiger partial charge in [-0.15, -0.1) is 0 Å². The predicted molar refractivity (Wildman–Crippen MR) is 406 cm³/mol. The lowest BCUT2D eigenvalue weighted by atomic mass is 9.97. The molecule has 582 valence electrons. The van der Waals surface area contributed by atoms with Crippen LogP contribution in [0.25, 0.3) is 0 Å². The summed E-state index contributed by atoms with van der Waals surface area (Å²) < 4.78 is 23.0. The van der Waals surface area contributed by atoms with Gasteiger partial charge in [-0.25, -0.2) is 0 Å². The average Bonchev–Trinajstić information content (AvgIpc) is 0.793. The minimum absolute atomic E-state index is 0.228. The van der Waals surface area contributed by atoms with E-state index in [1.165, 1.54) is 360 Å². The van der Waals surface area contributed by atoms with E-state index in [0.717, 1.165) is 44.9 Å². The van der Waals surface area contributed by atoms with Gasteiger partial charge in [-0.3, -0.25) is 4.79 Å². The molecule has 2 saturated heterocycles. The van der Waals surface area contributed by atoms with Crippen molar-refractivity contribution < 1.29 is 64.6 Å². The van der Waals surface area contributed by atoms with Crippen molar-refractivity contribution in [1.29, 1.82) is 0 Å². The monoisotopic (exact) mass is 1390 g/mol. The van der Waals surface area contributed by atoms with Gasteiger partial charge in [0.2, 0.25) is 5.91 Å². The predicted octanol–water partition coefficient (Wildman–Crippen LogP) is 20.0. The van der Waals surface area contributed by atoms with Gasteiger partial charge in [-0.2, -0.15) is 0 Å². The number of aliphatic hydroxyl groups excluding tert-OH is 8. The molecule has 0 aromatic rings. The summed E-state index contributed by atoms with van der Waals surface area (Å²) in [7, 11) is 0. The molecule has 0 bridgehead atoms. The van der Waals surface area contributed by atoms with E-state index in [4.69, 9.17) is 18.9 Å². The number of hydrogen-bond acceptors (Lipinski definition) is 13. The van der Waals surface area contributed by atoms with Crippen LogP contribution in [0.15, 0.2) is 12.2 Å². The highest BCUT2D eigenvalue weighted by Crippen LogP contribution is 2.31. The highest BCUT2D eigenvalue weighted by molar-refractivity contribution is 5.76. The number of hydrogen-bond donors (Lipinski definition) is 9. The second kappa shape index (κ2) is 68.8. The highest BCUT2D eigenvalue weighted by Gasteiger charge is 2.51. The van der Waals surface area contributed by atoms with Crippen LogP contribution >= 0.6 is 0 Å². The molecule has 2 heterocycles. The van der Waals surface area contributed by atoms with E-state index in [-0.39, 0.29) is 18.9 Å². The normalized spacial score (nSPS) is 22.0. The van der Waals surface area contributed by atoms with Crippen LogP contribution in [0.3, 0.4) is 0 Å². The van der Waals surface area contributed by atoms with Crippen LogP contribution in [-0.4, -0.2) is 140 Å². The van der Waals surface area contributed by atoms with E-state index in [1.54, 1.807) is 6.08 Å². The Labute approximate surface area is 603 Å². The molecule has 0 aromatic carbocycles. The molecule has 0 saturated carbocycles. The number of amides is 1. The average molecular weight is 1400 g/mol. The van der Waals surface area contributed by atoms with Crippen molar-refractivity contribution >= 4 is 5.91 Å². The first kappa shape index (κ1) is 92.8. The summed E-state index contributed by atoms with van der Waals surface area (Å²) in [6.45, 7) is 2.89. The van der Waals surface area contributed by atoms with Gasteiger partial charge in [0.15, 0.2) is 12.6 Å². The molecule has 0 spiro atoms. The van der Waals surface area contributed by atoms with Crippen molar-refractivity contribution in [3.63, 3.8) is 0 Å². The minimum Gasteiger partial charge on any atom is -0.394 e. The zero-order valence-corrected chi connectivity index (χ0v) is 64.1. The van der Waals surface area contributed by atoms with E-state index >= 15 is 0 Å². The summed E-state index contributed by atoms with van der Waals surface area (Å²) in [4.78, 5) is 13.4. The molecule has 2 fully saturated rings. The third kappa shape index (κ3) is 51.0. The van der Waals surface area contributed by atoms with Crippen molar-refractivity contribution in [2.24, 2.45) is 0 Å². The molecule has 2 rings (SSSR count). The number of allylic oxidation sites excluding steroid dienone is 1. The van der Waals surface area contributed by atoms with Crippen LogP contribution in [0, 0.1) is 0 Å². The fourth-order valence-electron chi connectivity index (χ4n) is 14.7. The summed E-state index contributed by atoms with van der Waals surface area (Å²) in [5, 5.41) is 87.8. The first-order valence-electron chi connectivity index (χ1n) is 42.9. The summed E-state index contributed by atoms with van der Waals surface area (Å²) >= 11 is 0. The molecule has 12 unspecified atom stereocenters. The Morgan fingerprint density at radius 3 is 0.939 bits per heavy atom. The van der Waals surface area contributed by atoms with Crippen molar-refractivity contribution in [1.82, 2.24) is 5.32 Å². The van der Waals surface area contributed by atoms with Gasteiger partial charge < -0.3 is 65.1 Å². The maximum absolute atomic E-state index is 13.4. The molecule has 14 heteroatoms. The van der Waals surface area contributed by atoms with Crippen molar-refractivity contribution in [3.05, 3.63) is 12.2 Å². The number of aliphatic hydroxyl groups is 8. The maximum atomic E-state index is 13.4. The van der Waals surface area contributed by atoms with Gasteiger partial charge in [-0.1, -0.05) is 411 Å². The van der Waals surface area contributed by atoms with Gasteiger partial charge >= 0.3 is 0 Å². The molecular weight excluding hydrogens is 1230 g/mol. The fraction of sp³-hybridized carbons (Fsp3) is 0.964. The van der Waals surface area contributed by atoms with Crippen LogP contribution in [0.4, 0.5) is 0 Å². The SMILES string of the molecule is CCCCCCCCCCCCCCCCCCCCCCCCCCCCCCC/C=C/C(O)C(COC1OC(CO)C(OC2OC(CO)C(O)C(O)C2O)C(O)C1O)NC(=O)CCCCCCCCCCCCCCCCCCCCCCCCCCCCCCCCCCC. The second-order valence-electron chi connectivity index (χ2n) is 30.7. The van der Waals surface area contributed by atoms with Crippen molar-refractivity contribution in [3.8, 4) is 0 Å². The number of rotatable bonds is 74. The Morgan fingerprint density at radius 1 is 0.357 bits per heavy atom. The zero-order chi connectivity index (χ0) is 70.8. The van der Waals surface area contributed by atoms with Crippen molar-refractivity contribution in [2.45, 2.75) is 498 Å². The fourth-order valence-corrected chi connectivity index (χ4v) is 14.7. The van der Waals surface area contributed by atoms with Crippen LogP contribution < -0.4 is 5.32 Å². The van der Waals surface area contributed by atoms with Gasteiger partial charge in [0.1, 0.15) is 48.8 Å². The summed E-state index contributed by atoms with van der Waals surface area (Å²) in [6.07, 6.45) is 71.8. The van der Waals surface area contributed by atoms with E-state index < -0.39 is 86.8 Å². The Kier molecular flexibility index (Phi) is 65.2. The van der Waals surface area contributed by atoms with Crippen LogP contribution in [0.2, 0.25) is 0 Å². The van der Waals surface area contributed by atoms with Gasteiger partial charge in [0, 0.05) is 6.42 Å². The number of ether oxygens (including phenoxy) is 4. The van der Waals surface area contributed by atoms with E-state index in [2.05, 4.69) is 19.2 Å². The second-order valence-corrected chi connectivity index (χ2v) is 30.7. The van der Waals surface area contributed by atoms with Gasteiger partial charge in [-0.05, 0) is 19.3 Å². The molecule has 12 atom stereocenters. The number of carbonyl (C=O) groups excluding carboxylic acids is 1. The molecule has 2 aliphatic rings. The lowest BCUT2D eigenvalue weighted by molar-refractivity contribution is -0.359. The third-order valence-electron chi connectivity index (χ3n) is 21.5. The topological polar surface area (TPSA) is 228 Å². The third-order valence-corrected chi connectivity index (χ3v) is 21.5. The smallest absolute Gasteiger partial charge is 0.220 e. The quantitative estimate of drug-likeness (QED) is 0.0204. The van der Waals surface area contributed by atoms with E-state index in [9.17, 15) is 45.6 Å². The Morgan fingerprint density at radius 2 is 0.633 bits per heavy atom. The lowest BCUT2D eigenvalue weighted by Crippen LogP contribution is -2.65. The van der Waals surface area contributed by atoms with Crippen LogP contribution in [-0.2, 0) is 23.7 Å². The maximum Gasteiger partial charge on any atom is 0.220 e. The Balaban J connectivity index is 1.58. The first-order chi connectivity index (χ1) is 48.1. The number of nitrogens with one attached hydrogen (secondary N) is 1. The van der Waals surface area contributed by atoms with Crippen molar-refractivity contribution in [2.75, 3.05) is 19.8 Å². The molecule has 2 aliphatic heterocycles. The van der Waals surface area contributed by atoms with Gasteiger partial charge in [0.25, 0.3) is 0 Å². The molecular formula is C84H163NO13. The number of carbonyl (C=O) groups is 1. The molecule has 0 radical (unpaired) electrons. The molecule has 0 aromatic heterocycles. The molecule has 0 aliphatic carbocycles. The minimum atomic E-state index is -1.79. The van der Waals surface area contributed by atoms with E-state index in [1.807, 2.05) is 6.08 Å². The zero-order valence-electron chi connectivity index (χ0n) is 64.1. The largest absolute Gasteiger partial charge is 0.394 e. The van der Waals surface area contributed by atoms with Crippen LogP contribution in [0.5, 0.6) is 0 Å². The Hall–Kier alpha value is -1.27. The Bertz CT molecular complexity index is 1690. The summed E-state index contributed by atoms with van der Waals surface area (Å²) in [6, 6.07) is -0.913. The highest BCUT2D eigenvalue weighted by atomic mass is 16.7. The summed E-state index contributed by atoms with van der Waals surface area (Å²) in [5.74, 6) is -0.228. The summed E-state index contributed by atoms with van der Waals surface area (Å²) in [5.41, 5.74) is 0. The molecule has 14 nitrogen and oxygen atoms in total. The van der Waals surface area contributed by atoms with Crippen LogP contribution in [0.1, 0.15) is 425 Å². The lowest BCUT2D eigenvalue weighted by Gasteiger charge is -2.46. The molecule has 9 N–H and O–H groups in total.